The Morgan fingerprint density at radius 3 is 2.87 bits per heavy atom. The maximum Gasteiger partial charge on any atom is 0.256 e. The van der Waals surface area contributed by atoms with Gasteiger partial charge in [0.1, 0.15) is 12.7 Å². The van der Waals surface area contributed by atoms with E-state index in [1.165, 1.54) is 22.7 Å². The molecule has 0 atom stereocenters. The summed E-state index contributed by atoms with van der Waals surface area (Å²) in [7, 11) is 0. The number of furan rings is 1. The highest BCUT2D eigenvalue weighted by Crippen LogP contribution is 2.25. The van der Waals surface area contributed by atoms with E-state index in [0.717, 1.165) is 50.1 Å². The van der Waals surface area contributed by atoms with E-state index in [-0.39, 0.29) is 0 Å². The molecule has 0 unspecified atom stereocenters. The minimum Gasteiger partial charge on any atom is -0.425 e. The summed E-state index contributed by atoms with van der Waals surface area (Å²) in [6.07, 6.45) is 3.95. The van der Waals surface area contributed by atoms with Crippen LogP contribution in [-0.2, 0) is 6.54 Å². The molecule has 30 heavy (non-hydrogen) atoms. The summed E-state index contributed by atoms with van der Waals surface area (Å²) in [5, 5.41) is 8.06. The van der Waals surface area contributed by atoms with Gasteiger partial charge in [0.25, 0.3) is 5.78 Å². The molecule has 10 heteroatoms. The molecule has 0 bridgehead atoms. The van der Waals surface area contributed by atoms with E-state index in [2.05, 4.69) is 41.2 Å². The summed E-state index contributed by atoms with van der Waals surface area (Å²) < 4.78 is 7.56. The van der Waals surface area contributed by atoms with Crippen molar-refractivity contribution in [3.63, 3.8) is 0 Å². The molecule has 0 amide bonds. The van der Waals surface area contributed by atoms with Crippen LogP contribution in [0.25, 0.3) is 5.78 Å². The number of fused-ring (bicyclic) bond motifs is 1. The quantitative estimate of drug-likeness (QED) is 0.522. The van der Waals surface area contributed by atoms with Crippen LogP contribution < -0.4 is 10.2 Å². The van der Waals surface area contributed by atoms with Gasteiger partial charge in [-0.1, -0.05) is 23.7 Å². The highest BCUT2D eigenvalue weighted by Gasteiger charge is 2.18. The molecule has 1 aromatic carbocycles. The van der Waals surface area contributed by atoms with Gasteiger partial charge in [-0.15, -0.1) is 0 Å². The lowest BCUT2D eigenvalue weighted by molar-refractivity contribution is 0.285. The van der Waals surface area contributed by atoms with Crippen molar-refractivity contribution >= 4 is 35.1 Å². The third-order valence-corrected chi connectivity index (χ3v) is 5.34. The summed E-state index contributed by atoms with van der Waals surface area (Å²) >= 11 is 6.12. The zero-order valence-corrected chi connectivity index (χ0v) is 17.0. The molecule has 4 heterocycles. The fourth-order valence-electron chi connectivity index (χ4n) is 3.67. The van der Waals surface area contributed by atoms with Crippen LogP contribution in [0.2, 0.25) is 5.02 Å². The molecule has 1 fully saturated rings. The minimum absolute atomic E-state index is 0.478. The zero-order chi connectivity index (χ0) is 20.3. The van der Waals surface area contributed by atoms with E-state index in [0.29, 0.717) is 17.6 Å². The number of hydrogen-bond acceptors (Lipinski definition) is 8. The van der Waals surface area contributed by atoms with Gasteiger partial charge in [-0.3, -0.25) is 10.2 Å². The van der Waals surface area contributed by atoms with E-state index < -0.39 is 0 Å². The maximum atomic E-state index is 6.12. The van der Waals surface area contributed by atoms with Gasteiger partial charge in [0.2, 0.25) is 11.8 Å². The second-order valence-electron chi connectivity index (χ2n) is 7.18. The van der Waals surface area contributed by atoms with Crippen molar-refractivity contribution in [3.8, 4) is 0 Å². The molecule has 5 rings (SSSR count). The number of benzene rings is 1. The van der Waals surface area contributed by atoms with Crippen molar-refractivity contribution in [2.45, 2.75) is 13.0 Å². The summed E-state index contributed by atoms with van der Waals surface area (Å²) in [5.74, 6) is 2.42. The average Bonchev–Trinajstić information content (AvgIpc) is 3.35. The molecule has 0 saturated carbocycles. The molecule has 1 aliphatic rings. The van der Waals surface area contributed by atoms with Gasteiger partial charge in [-0.2, -0.15) is 19.6 Å². The molecule has 9 nitrogen and oxygen atoms in total. The van der Waals surface area contributed by atoms with Crippen molar-refractivity contribution in [1.29, 1.82) is 0 Å². The molecule has 4 aromatic rings. The lowest BCUT2D eigenvalue weighted by atomic mass is 10.2. The van der Waals surface area contributed by atoms with E-state index in [9.17, 15) is 0 Å². The molecule has 1 aliphatic heterocycles. The lowest BCUT2D eigenvalue weighted by Crippen LogP contribution is -2.30. The monoisotopic (exact) mass is 424 g/mol. The van der Waals surface area contributed by atoms with Gasteiger partial charge in [-0.25, -0.2) is 4.98 Å². The number of hydrogen-bond donors (Lipinski definition) is 1. The minimum atomic E-state index is 0.478. The van der Waals surface area contributed by atoms with Crippen LogP contribution in [0.5, 0.6) is 0 Å². The molecule has 1 N–H and O–H groups in total. The van der Waals surface area contributed by atoms with Crippen molar-refractivity contribution in [2.24, 2.45) is 0 Å². The summed E-state index contributed by atoms with van der Waals surface area (Å²) in [6.45, 7) is 4.75. The Hall–Kier alpha value is -3.17. The second-order valence-corrected chi connectivity index (χ2v) is 7.62. The van der Waals surface area contributed by atoms with Crippen molar-refractivity contribution in [1.82, 2.24) is 29.5 Å². The number of nitrogens with zero attached hydrogens (tertiary/aromatic N) is 7. The number of halogens is 1. The number of nitrogens with one attached hydrogen (secondary N) is 1. The Balaban J connectivity index is 1.23. The van der Waals surface area contributed by atoms with Crippen molar-refractivity contribution < 1.29 is 4.42 Å². The third kappa shape index (κ3) is 4.07. The van der Waals surface area contributed by atoms with Gasteiger partial charge in [0.15, 0.2) is 5.88 Å². The summed E-state index contributed by atoms with van der Waals surface area (Å²) in [4.78, 5) is 17.1. The van der Waals surface area contributed by atoms with Crippen LogP contribution in [0.1, 0.15) is 12.0 Å². The van der Waals surface area contributed by atoms with Gasteiger partial charge in [0.05, 0.1) is 0 Å². The van der Waals surface area contributed by atoms with Crippen LogP contribution in [0.4, 0.5) is 17.7 Å². The Morgan fingerprint density at radius 2 is 1.93 bits per heavy atom. The SMILES string of the molecule is Clc1cccc(CN2CCCN(c3ccc(Nc4ncnc5ncnn45)o3)CC2)c1. The van der Waals surface area contributed by atoms with E-state index in [1.54, 1.807) is 0 Å². The third-order valence-electron chi connectivity index (χ3n) is 5.11. The smallest absolute Gasteiger partial charge is 0.256 e. The van der Waals surface area contributed by atoms with Crippen LogP contribution in [0.15, 0.2) is 53.5 Å². The fraction of sp³-hybridized carbons (Fsp3) is 0.300. The summed E-state index contributed by atoms with van der Waals surface area (Å²) in [6, 6.07) is 12.0. The van der Waals surface area contributed by atoms with E-state index in [4.69, 9.17) is 16.0 Å². The highest BCUT2D eigenvalue weighted by atomic mass is 35.5. The molecule has 3 aromatic heterocycles. The first kappa shape index (κ1) is 18.8. The topological polar surface area (TPSA) is 87.6 Å². The highest BCUT2D eigenvalue weighted by molar-refractivity contribution is 6.30. The molecule has 0 radical (unpaired) electrons. The first-order valence-electron chi connectivity index (χ1n) is 9.84. The number of anilines is 3. The maximum absolute atomic E-state index is 6.12. The Labute approximate surface area is 178 Å². The van der Waals surface area contributed by atoms with Crippen LogP contribution in [0, 0.1) is 0 Å². The van der Waals surface area contributed by atoms with Gasteiger partial charge in [-0.05, 0) is 24.1 Å². The van der Waals surface area contributed by atoms with E-state index in [1.807, 2.05) is 30.3 Å². The second kappa shape index (κ2) is 8.29. The zero-order valence-electron chi connectivity index (χ0n) is 16.3. The predicted octanol–water partition coefficient (Wildman–Crippen LogP) is 3.22. The summed E-state index contributed by atoms with van der Waals surface area (Å²) in [5.41, 5.74) is 1.24. The molecular formula is C20H21ClN8O. The largest absolute Gasteiger partial charge is 0.425 e. The normalized spacial score (nSPS) is 15.4. The van der Waals surface area contributed by atoms with Gasteiger partial charge < -0.3 is 9.32 Å². The Kier molecular flexibility index (Phi) is 5.20. The Bertz CT molecular complexity index is 1140. The number of rotatable bonds is 5. The average molecular weight is 425 g/mol. The van der Waals surface area contributed by atoms with Gasteiger partial charge >= 0.3 is 0 Å². The molecule has 0 spiro atoms. The van der Waals surface area contributed by atoms with Crippen LogP contribution >= 0.6 is 11.6 Å². The van der Waals surface area contributed by atoms with Crippen LogP contribution in [-0.4, -0.2) is 55.6 Å². The predicted molar refractivity (Wildman–Crippen MR) is 114 cm³/mol. The standard InChI is InChI=1S/C20H21ClN8O/c21-16-4-1-3-15(11-16)12-27-7-2-8-28(10-9-27)18-6-5-17(30-18)26-20-23-13-22-19-24-14-25-29(19)20/h1,3-6,11,13-14H,2,7-10,12H2,(H,22,23,24,25,26). The molecule has 0 aliphatic carbocycles. The Morgan fingerprint density at radius 1 is 1.00 bits per heavy atom. The first-order chi connectivity index (χ1) is 14.7. The molecule has 154 valence electrons. The first-order valence-corrected chi connectivity index (χ1v) is 10.2. The van der Waals surface area contributed by atoms with Crippen LogP contribution in [0.3, 0.4) is 0 Å². The van der Waals surface area contributed by atoms with Crippen molar-refractivity contribution in [2.75, 3.05) is 36.4 Å². The van der Waals surface area contributed by atoms with Gasteiger partial charge in [0, 0.05) is 49.9 Å². The molecular weight excluding hydrogens is 404 g/mol. The van der Waals surface area contributed by atoms with Crippen molar-refractivity contribution in [3.05, 3.63) is 59.6 Å². The number of aromatic nitrogens is 5. The molecule has 1 saturated heterocycles. The lowest BCUT2D eigenvalue weighted by Gasteiger charge is -2.21. The van der Waals surface area contributed by atoms with E-state index >= 15 is 0 Å². The fourth-order valence-corrected chi connectivity index (χ4v) is 3.88.